The van der Waals surface area contributed by atoms with Crippen LogP contribution in [0, 0.1) is 0 Å². The smallest absolute Gasteiger partial charge is 0.475 e. The Kier molecular flexibility index (Phi) is 7.85. The topological polar surface area (TPSA) is 132 Å². The number of aromatic nitrogens is 4. The van der Waals surface area contributed by atoms with Crippen LogP contribution in [-0.4, -0.2) is 37.2 Å². The lowest BCUT2D eigenvalue weighted by atomic mass is 9.90. The Hall–Kier alpha value is -3.41. The van der Waals surface area contributed by atoms with Gasteiger partial charge in [0, 0.05) is 15.6 Å². The first-order valence-corrected chi connectivity index (χ1v) is 10.1. The number of carboxylic acids is 1. The quantitative estimate of drug-likeness (QED) is 0.404. The molecule has 0 aliphatic carbocycles. The van der Waals surface area contributed by atoms with Crippen molar-refractivity contribution in [2.24, 2.45) is 0 Å². The highest BCUT2D eigenvalue weighted by atomic mass is 79.9. The minimum absolute atomic E-state index is 0.162. The monoisotopic (exact) mass is 528 g/mol. The SMILES string of the molecule is CC(C)(C)c1[nH]cnc1/C=c1\[nH]c(=O)/c(=C/c2ccc(Br)cc2)[nH]c1=O.O=C(O)C(F)(F)F. The second kappa shape index (κ2) is 10.0. The Bertz CT molecular complexity index is 1360. The molecule has 0 aliphatic rings. The van der Waals surface area contributed by atoms with E-state index >= 15 is 0 Å². The van der Waals surface area contributed by atoms with Crippen LogP contribution in [0.4, 0.5) is 13.2 Å². The number of alkyl halides is 3. The summed E-state index contributed by atoms with van der Waals surface area (Å²) < 4.78 is 32.7. The van der Waals surface area contributed by atoms with E-state index in [1.165, 1.54) is 0 Å². The maximum atomic E-state index is 12.4. The van der Waals surface area contributed by atoms with Gasteiger partial charge >= 0.3 is 12.1 Å². The number of nitrogens with zero attached hydrogens (tertiary/aromatic N) is 1. The molecule has 3 rings (SSSR count). The van der Waals surface area contributed by atoms with Gasteiger partial charge in [0.1, 0.15) is 10.7 Å². The molecular formula is C21H20BrF3N4O4. The molecule has 0 radical (unpaired) electrons. The molecule has 0 bridgehead atoms. The van der Waals surface area contributed by atoms with E-state index in [4.69, 9.17) is 9.90 Å². The zero-order valence-corrected chi connectivity index (χ0v) is 19.3. The second-order valence-corrected chi connectivity index (χ2v) is 8.71. The number of hydrogen-bond donors (Lipinski definition) is 4. The van der Waals surface area contributed by atoms with Crippen LogP contribution in [0.2, 0.25) is 0 Å². The zero-order valence-electron chi connectivity index (χ0n) is 17.7. The van der Waals surface area contributed by atoms with Crippen LogP contribution >= 0.6 is 15.9 Å². The van der Waals surface area contributed by atoms with Crippen LogP contribution in [0.5, 0.6) is 0 Å². The fourth-order valence-corrected chi connectivity index (χ4v) is 2.84. The molecule has 12 heteroatoms. The molecular weight excluding hydrogens is 509 g/mol. The van der Waals surface area contributed by atoms with Crippen molar-refractivity contribution in [3.8, 4) is 0 Å². The van der Waals surface area contributed by atoms with Crippen LogP contribution in [0.15, 0.2) is 44.7 Å². The number of halogens is 4. The third kappa shape index (κ3) is 7.31. The van der Waals surface area contributed by atoms with Crippen molar-refractivity contribution in [1.82, 2.24) is 19.9 Å². The number of carbonyl (C=O) groups is 1. The van der Waals surface area contributed by atoms with E-state index in [2.05, 4.69) is 35.9 Å². The number of aliphatic carboxylic acids is 1. The Balaban J connectivity index is 0.000000479. The van der Waals surface area contributed by atoms with Gasteiger partial charge in [0.05, 0.1) is 12.0 Å². The molecule has 0 atom stereocenters. The lowest BCUT2D eigenvalue weighted by Crippen LogP contribution is -2.46. The number of hydrogen-bond acceptors (Lipinski definition) is 4. The third-order valence-electron chi connectivity index (χ3n) is 4.11. The van der Waals surface area contributed by atoms with Crippen LogP contribution in [-0.2, 0) is 10.2 Å². The first kappa shape index (κ1) is 25.8. The van der Waals surface area contributed by atoms with Gasteiger partial charge in [-0.25, -0.2) is 9.78 Å². The molecule has 0 aliphatic heterocycles. The summed E-state index contributed by atoms with van der Waals surface area (Å²) in [6.07, 6.45) is -0.291. The fourth-order valence-electron chi connectivity index (χ4n) is 2.57. The highest BCUT2D eigenvalue weighted by Gasteiger charge is 2.38. The summed E-state index contributed by atoms with van der Waals surface area (Å²) in [6, 6.07) is 7.43. The predicted molar refractivity (Wildman–Crippen MR) is 119 cm³/mol. The Labute approximate surface area is 193 Å². The lowest BCUT2D eigenvalue weighted by Gasteiger charge is -2.16. The van der Waals surface area contributed by atoms with E-state index in [1.54, 1.807) is 18.5 Å². The van der Waals surface area contributed by atoms with Gasteiger partial charge in [-0.1, -0.05) is 48.8 Å². The average molecular weight is 529 g/mol. The van der Waals surface area contributed by atoms with Gasteiger partial charge in [0.2, 0.25) is 0 Å². The van der Waals surface area contributed by atoms with Crippen molar-refractivity contribution >= 4 is 34.1 Å². The molecule has 0 saturated carbocycles. The molecule has 0 unspecified atom stereocenters. The molecule has 0 amide bonds. The summed E-state index contributed by atoms with van der Waals surface area (Å²) in [4.78, 5) is 46.3. The largest absolute Gasteiger partial charge is 0.490 e. The first-order valence-electron chi connectivity index (χ1n) is 9.34. The van der Waals surface area contributed by atoms with E-state index in [0.717, 1.165) is 15.7 Å². The molecule has 176 valence electrons. The maximum absolute atomic E-state index is 12.4. The Morgan fingerprint density at radius 3 is 1.94 bits per heavy atom. The van der Waals surface area contributed by atoms with E-state index in [1.807, 2.05) is 45.0 Å². The number of carboxylic acid groups (broad SMARTS) is 1. The van der Waals surface area contributed by atoms with Crippen LogP contribution in [0.25, 0.3) is 12.2 Å². The highest BCUT2D eigenvalue weighted by molar-refractivity contribution is 9.10. The van der Waals surface area contributed by atoms with Gasteiger partial charge in [-0.15, -0.1) is 0 Å². The van der Waals surface area contributed by atoms with Gasteiger partial charge < -0.3 is 20.1 Å². The molecule has 0 saturated heterocycles. The normalized spacial score (nSPS) is 12.9. The minimum Gasteiger partial charge on any atom is -0.475 e. The summed E-state index contributed by atoms with van der Waals surface area (Å²) in [5, 5.41) is 7.49. The number of rotatable bonds is 2. The molecule has 0 spiro atoms. The van der Waals surface area contributed by atoms with Crippen molar-refractivity contribution in [3.63, 3.8) is 0 Å². The number of H-pyrrole nitrogens is 3. The maximum Gasteiger partial charge on any atom is 0.490 e. The van der Waals surface area contributed by atoms with E-state index in [9.17, 15) is 22.8 Å². The van der Waals surface area contributed by atoms with Gasteiger partial charge in [-0.3, -0.25) is 9.59 Å². The van der Waals surface area contributed by atoms with Crippen LogP contribution in [0.3, 0.4) is 0 Å². The van der Waals surface area contributed by atoms with Crippen molar-refractivity contribution in [3.05, 3.63) is 83.4 Å². The molecule has 3 aromatic rings. The zero-order chi connectivity index (χ0) is 25.0. The van der Waals surface area contributed by atoms with E-state index in [-0.39, 0.29) is 27.2 Å². The van der Waals surface area contributed by atoms with Crippen molar-refractivity contribution in [2.45, 2.75) is 32.4 Å². The number of nitrogens with one attached hydrogen (secondary N) is 3. The van der Waals surface area contributed by atoms with Gasteiger partial charge in [-0.2, -0.15) is 13.2 Å². The van der Waals surface area contributed by atoms with Crippen LogP contribution < -0.4 is 21.8 Å². The summed E-state index contributed by atoms with van der Waals surface area (Å²) in [5.41, 5.74) is 1.42. The second-order valence-electron chi connectivity index (χ2n) is 7.79. The fraction of sp³-hybridized carbons (Fsp3) is 0.238. The Morgan fingerprint density at radius 1 is 1.00 bits per heavy atom. The number of benzene rings is 1. The predicted octanol–water partition coefficient (Wildman–Crippen LogP) is 2.14. The van der Waals surface area contributed by atoms with E-state index in [0.29, 0.717) is 5.69 Å². The molecule has 1 aromatic carbocycles. The lowest BCUT2D eigenvalue weighted by molar-refractivity contribution is -0.192. The van der Waals surface area contributed by atoms with Gasteiger partial charge in [0.15, 0.2) is 0 Å². The number of aromatic amines is 3. The van der Waals surface area contributed by atoms with Gasteiger partial charge in [-0.05, 0) is 29.8 Å². The summed E-state index contributed by atoms with van der Waals surface area (Å²) in [5.74, 6) is -2.76. The highest BCUT2D eigenvalue weighted by Crippen LogP contribution is 2.22. The molecule has 8 nitrogen and oxygen atoms in total. The molecule has 33 heavy (non-hydrogen) atoms. The molecule has 2 aromatic heterocycles. The van der Waals surface area contributed by atoms with E-state index < -0.39 is 12.1 Å². The summed E-state index contributed by atoms with van der Waals surface area (Å²) >= 11 is 3.36. The molecule has 2 heterocycles. The summed E-state index contributed by atoms with van der Waals surface area (Å²) in [6.45, 7) is 6.13. The van der Waals surface area contributed by atoms with Gasteiger partial charge in [0.25, 0.3) is 11.1 Å². The minimum atomic E-state index is -5.08. The molecule has 0 fully saturated rings. The summed E-state index contributed by atoms with van der Waals surface area (Å²) in [7, 11) is 0. The van der Waals surface area contributed by atoms with Crippen molar-refractivity contribution < 1.29 is 23.1 Å². The standard InChI is InChI=1S/C19H19BrN4O2.C2HF3O2/c1-19(2,3)16-13(21-10-22-16)9-15-18(26)23-14(17(25)24-15)8-11-4-6-12(20)7-5-11;3-2(4,5)1(6)7/h4-10H,1-3H3,(H,21,22)(H,23,26)(H,24,25);(H,6,7)/b14-8-,15-9-;. The Morgan fingerprint density at radius 2 is 1.48 bits per heavy atom. The third-order valence-corrected chi connectivity index (χ3v) is 4.64. The first-order chi connectivity index (χ1) is 15.2. The van der Waals surface area contributed by atoms with Crippen LogP contribution in [0.1, 0.15) is 37.7 Å². The average Bonchev–Trinajstić information content (AvgIpc) is 3.16. The van der Waals surface area contributed by atoms with Crippen molar-refractivity contribution in [1.29, 1.82) is 0 Å². The molecule has 4 N–H and O–H groups in total. The number of imidazole rings is 1. The van der Waals surface area contributed by atoms with Crippen molar-refractivity contribution in [2.75, 3.05) is 0 Å².